The van der Waals surface area contributed by atoms with Crippen LogP contribution in [0.15, 0.2) is 0 Å². The third kappa shape index (κ3) is 4.20. The molecule has 1 heterocycles. The summed E-state index contributed by atoms with van der Waals surface area (Å²) < 4.78 is 5.06. The summed E-state index contributed by atoms with van der Waals surface area (Å²) in [6.45, 7) is 5.54. The maximum atomic E-state index is 12.3. The summed E-state index contributed by atoms with van der Waals surface area (Å²) in [5, 5.41) is 11.5. The lowest BCUT2D eigenvalue weighted by Crippen LogP contribution is -2.56. The number of carbonyl (C=O) groups is 3. The van der Waals surface area contributed by atoms with Crippen LogP contribution in [0.5, 0.6) is 0 Å². The molecule has 1 aliphatic heterocycles. The van der Waals surface area contributed by atoms with Crippen LogP contribution in [-0.2, 0) is 19.1 Å². The number of aliphatic carboxylic acids is 1. The number of rotatable bonds is 4. The molecule has 0 bridgehead atoms. The molecule has 19 heavy (non-hydrogen) atoms. The average molecular weight is 272 g/mol. The van der Waals surface area contributed by atoms with Crippen molar-refractivity contribution in [2.45, 2.75) is 32.9 Å². The van der Waals surface area contributed by atoms with E-state index in [0.29, 0.717) is 6.54 Å². The molecule has 1 saturated heterocycles. The fraction of sp³-hybridized carbons (Fsp3) is 0.750. The number of hydrogen-bond acceptors (Lipinski definition) is 4. The molecule has 0 aromatic carbocycles. The summed E-state index contributed by atoms with van der Waals surface area (Å²) in [6, 6.07) is -0.634. The molecule has 2 N–H and O–H groups in total. The van der Waals surface area contributed by atoms with Gasteiger partial charge in [0, 0.05) is 13.5 Å². The molecule has 1 rings (SSSR count). The average Bonchev–Trinajstić information content (AvgIpc) is 2.34. The Balaban J connectivity index is 2.73. The minimum Gasteiger partial charge on any atom is -0.479 e. The molecule has 7 nitrogen and oxygen atoms in total. The highest BCUT2D eigenvalue weighted by molar-refractivity contribution is 5.87. The second-order valence-corrected chi connectivity index (χ2v) is 4.90. The maximum absolute atomic E-state index is 12.3. The lowest BCUT2D eigenvalue weighted by atomic mass is 10.0. The van der Waals surface area contributed by atoms with Crippen LogP contribution in [0, 0.1) is 5.92 Å². The van der Waals surface area contributed by atoms with Gasteiger partial charge in [0.2, 0.25) is 11.8 Å². The van der Waals surface area contributed by atoms with Gasteiger partial charge < -0.3 is 20.1 Å². The van der Waals surface area contributed by atoms with E-state index >= 15 is 0 Å². The molecule has 2 amide bonds. The minimum absolute atomic E-state index is 0.0109. The Kier molecular flexibility index (Phi) is 5.29. The van der Waals surface area contributed by atoms with Gasteiger partial charge in [-0.25, -0.2) is 4.79 Å². The van der Waals surface area contributed by atoms with Crippen LogP contribution in [0.4, 0.5) is 0 Å². The largest absolute Gasteiger partial charge is 0.479 e. The van der Waals surface area contributed by atoms with Crippen molar-refractivity contribution >= 4 is 17.8 Å². The molecule has 0 saturated carbocycles. The maximum Gasteiger partial charge on any atom is 0.334 e. The highest BCUT2D eigenvalue weighted by Gasteiger charge is 2.33. The van der Waals surface area contributed by atoms with Crippen LogP contribution in [0.3, 0.4) is 0 Å². The first kappa shape index (κ1) is 15.4. The molecule has 0 radical (unpaired) electrons. The molecule has 2 atom stereocenters. The smallest absolute Gasteiger partial charge is 0.334 e. The van der Waals surface area contributed by atoms with Gasteiger partial charge in [0.15, 0.2) is 6.10 Å². The van der Waals surface area contributed by atoms with Gasteiger partial charge in [0.05, 0.1) is 13.2 Å². The van der Waals surface area contributed by atoms with Crippen molar-refractivity contribution < 1.29 is 24.2 Å². The van der Waals surface area contributed by atoms with E-state index in [0.717, 1.165) is 0 Å². The Labute approximate surface area is 111 Å². The predicted octanol–water partition coefficient (Wildman–Crippen LogP) is -0.541. The second kappa shape index (κ2) is 6.51. The third-order valence-corrected chi connectivity index (χ3v) is 2.95. The Hall–Kier alpha value is -1.63. The molecule has 108 valence electrons. The number of ether oxygens (including phenoxy) is 1. The van der Waals surface area contributed by atoms with E-state index < -0.39 is 18.1 Å². The quantitative estimate of drug-likeness (QED) is 0.716. The number of carbonyl (C=O) groups excluding carboxylic acids is 2. The lowest BCUT2D eigenvalue weighted by molar-refractivity contribution is -0.160. The molecule has 0 aromatic heterocycles. The first-order chi connectivity index (χ1) is 8.82. The van der Waals surface area contributed by atoms with E-state index in [1.165, 1.54) is 11.8 Å². The molecular weight excluding hydrogens is 252 g/mol. The number of morpholine rings is 1. The molecule has 0 spiro atoms. The molecule has 1 fully saturated rings. The van der Waals surface area contributed by atoms with Crippen molar-refractivity contribution in [3.05, 3.63) is 0 Å². The Morgan fingerprint density at radius 2 is 2.00 bits per heavy atom. The van der Waals surface area contributed by atoms with E-state index in [1.54, 1.807) is 0 Å². The van der Waals surface area contributed by atoms with Crippen molar-refractivity contribution in [2.75, 3.05) is 19.7 Å². The van der Waals surface area contributed by atoms with Crippen LogP contribution in [0.25, 0.3) is 0 Å². The third-order valence-electron chi connectivity index (χ3n) is 2.95. The zero-order chi connectivity index (χ0) is 14.6. The summed E-state index contributed by atoms with van der Waals surface area (Å²) in [5.41, 5.74) is 0. The van der Waals surface area contributed by atoms with Crippen molar-refractivity contribution in [3.63, 3.8) is 0 Å². The van der Waals surface area contributed by atoms with Crippen LogP contribution >= 0.6 is 0 Å². The van der Waals surface area contributed by atoms with Crippen LogP contribution in [0.1, 0.15) is 20.8 Å². The van der Waals surface area contributed by atoms with Gasteiger partial charge in [0.25, 0.3) is 0 Å². The number of carboxylic acid groups (broad SMARTS) is 1. The summed E-state index contributed by atoms with van der Waals surface area (Å²) in [4.78, 5) is 35.7. The number of carboxylic acids is 1. The Bertz CT molecular complexity index is 369. The number of nitrogens with one attached hydrogen (secondary N) is 1. The summed E-state index contributed by atoms with van der Waals surface area (Å²) in [5.74, 6) is -1.70. The summed E-state index contributed by atoms with van der Waals surface area (Å²) in [6.07, 6.45) is -0.997. The van der Waals surface area contributed by atoms with E-state index in [1.807, 2.05) is 13.8 Å². The molecular formula is C12H20N2O5. The summed E-state index contributed by atoms with van der Waals surface area (Å²) in [7, 11) is 0. The SMILES string of the molecule is CC(=O)NC(C(=O)N1CCOC(C(=O)O)C1)C(C)C. The van der Waals surface area contributed by atoms with Crippen molar-refractivity contribution in [3.8, 4) is 0 Å². The normalized spacial score (nSPS) is 21.1. The summed E-state index contributed by atoms with van der Waals surface area (Å²) >= 11 is 0. The standard InChI is InChI=1S/C12H20N2O5/c1-7(2)10(13-8(3)15)11(16)14-4-5-19-9(6-14)12(17)18/h7,9-10H,4-6H2,1-3H3,(H,13,15)(H,17,18). The van der Waals surface area contributed by atoms with Gasteiger partial charge in [-0.1, -0.05) is 13.8 Å². The van der Waals surface area contributed by atoms with Crippen molar-refractivity contribution in [1.82, 2.24) is 10.2 Å². The van der Waals surface area contributed by atoms with Gasteiger partial charge in [0.1, 0.15) is 6.04 Å². The van der Waals surface area contributed by atoms with E-state index in [-0.39, 0.29) is 30.9 Å². The molecule has 0 aliphatic carbocycles. The fourth-order valence-electron chi connectivity index (χ4n) is 1.93. The van der Waals surface area contributed by atoms with Crippen molar-refractivity contribution in [1.29, 1.82) is 0 Å². The van der Waals surface area contributed by atoms with Gasteiger partial charge in [-0.05, 0) is 5.92 Å². The molecule has 2 unspecified atom stereocenters. The van der Waals surface area contributed by atoms with E-state index in [2.05, 4.69) is 5.32 Å². The molecule has 0 aromatic rings. The Morgan fingerprint density at radius 1 is 1.37 bits per heavy atom. The monoisotopic (exact) mass is 272 g/mol. The van der Waals surface area contributed by atoms with Gasteiger partial charge in [-0.3, -0.25) is 9.59 Å². The first-order valence-electron chi connectivity index (χ1n) is 6.23. The first-order valence-corrected chi connectivity index (χ1v) is 6.23. The van der Waals surface area contributed by atoms with E-state index in [9.17, 15) is 14.4 Å². The zero-order valence-corrected chi connectivity index (χ0v) is 11.4. The fourth-order valence-corrected chi connectivity index (χ4v) is 1.93. The topological polar surface area (TPSA) is 95.9 Å². The zero-order valence-electron chi connectivity index (χ0n) is 11.4. The van der Waals surface area contributed by atoms with Crippen LogP contribution in [-0.4, -0.2) is 59.6 Å². The number of hydrogen-bond donors (Lipinski definition) is 2. The second-order valence-electron chi connectivity index (χ2n) is 4.90. The van der Waals surface area contributed by atoms with Gasteiger partial charge in [-0.2, -0.15) is 0 Å². The highest BCUT2D eigenvalue weighted by Crippen LogP contribution is 2.11. The molecule has 7 heteroatoms. The lowest BCUT2D eigenvalue weighted by Gasteiger charge is -2.34. The van der Waals surface area contributed by atoms with Crippen LogP contribution < -0.4 is 5.32 Å². The minimum atomic E-state index is -1.09. The van der Waals surface area contributed by atoms with Crippen molar-refractivity contribution in [2.24, 2.45) is 5.92 Å². The number of amides is 2. The number of nitrogens with zero attached hydrogens (tertiary/aromatic N) is 1. The Morgan fingerprint density at radius 3 is 2.47 bits per heavy atom. The highest BCUT2D eigenvalue weighted by atomic mass is 16.5. The van der Waals surface area contributed by atoms with Gasteiger partial charge in [-0.15, -0.1) is 0 Å². The predicted molar refractivity (Wildman–Crippen MR) is 66.4 cm³/mol. The van der Waals surface area contributed by atoms with Crippen LogP contribution in [0.2, 0.25) is 0 Å². The van der Waals surface area contributed by atoms with E-state index in [4.69, 9.17) is 9.84 Å². The van der Waals surface area contributed by atoms with Gasteiger partial charge >= 0.3 is 5.97 Å². The molecule has 1 aliphatic rings.